The molecule has 0 bridgehead atoms. The van der Waals surface area contributed by atoms with Crippen LogP contribution >= 0.6 is 0 Å². The number of nitrogens with zero attached hydrogens (tertiary/aromatic N) is 3. The molecule has 1 fully saturated rings. The van der Waals surface area contributed by atoms with Crippen LogP contribution in [0.4, 0.5) is 14.9 Å². The van der Waals surface area contributed by atoms with E-state index in [0.717, 1.165) is 19.2 Å². The highest BCUT2D eigenvalue weighted by atomic mass is 19.1. The average molecular weight is 477 g/mol. The Kier molecular flexibility index (Phi) is 6.65. The molecule has 10 nitrogen and oxygen atoms in total. The van der Waals surface area contributed by atoms with Gasteiger partial charge in [-0.1, -0.05) is 0 Å². The number of likely N-dealkylation sites (N-methyl/N-ethyl adjacent to an activating group) is 1. The molecule has 2 unspecified atom stereocenters. The summed E-state index contributed by atoms with van der Waals surface area (Å²) in [6.07, 6.45) is -0.885. The molecule has 0 saturated carbocycles. The van der Waals surface area contributed by atoms with Crippen molar-refractivity contribution in [3.05, 3.63) is 33.9 Å². The second-order valence-corrected chi connectivity index (χ2v) is 8.44. The normalized spacial score (nSPS) is 18.9. The van der Waals surface area contributed by atoms with Crippen LogP contribution in [-0.4, -0.2) is 74.3 Å². The van der Waals surface area contributed by atoms with Gasteiger partial charge in [0.15, 0.2) is 11.6 Å². The van der Waals surface area contributed by atoms with E-state index in [1.165, 1.54) is 13.1 Å². The first-order valence-corrected chi connectivity index (χ1v) is 11.2. The third-order valence-electron chi connectivity index (χ3n) is 5.98. The Morgan fingerprint density at radius 3 is 2.62 bits per heavy atom. The zero-order chi connectivity index (χ0) is 24.6. The predicted octanol–water partition coefficient (Wildman–Crippen LogP) is 2.52. The van der Waals surface area contributed by atoms with Crippen molar-refractivity contribution in [1.29, 1.82) is 0 Å². The molecule has 11 heteroatoms. The van der Waals surface area contributed by atoms with Crippen LogP contribution < -0.4 is 15.1 Å². The number of benzene rings is 1. The van der Waals surface area contributed by atoms with Crippen LogP contribution in [0.15, 0.2) is 17.1 Å². The number of hydrogen-bond acceptors (Lipinski definition) is 9. The van der Waals surface area contributed by atoms with Gasteiger partial charge in [-0.2, -0.15) is 0 Å². The number of hydrogen-bond donors (Lipinski definition) is 0. The van der Waals surface area contributed by atoms with E-state index in [1.807, 2.05) is 18.9 Å². The Bertz CT molecular complexity index is 1170. The average Bonchev–Trinajstić information content (AvgIpc) is 2.78. The Hall–Kier alpha value is -3.34. The van der Waals surface area contributed by atoms with E-state index >= 15 is 4.39 Å². The number of ether oxygens (including phenoxy) is 4. The van der Waals surface area contributed by atoms with Gasteiger partial charge in [-0.3, -0.25) is 4.79 Å². The number of carbonyl (C=O) groups is 2. The first kappa shape index (κ1) is 23.8. The van der Waals surface area contributed by atoms with E-state index in [9.17, 15) is 14.4 Å². The summed E-state index contributed by atoms with van der Waals surface area (Å²) in [5, 5.41) is 0.0188. The molecule has 2 aliphatic heterocycles. The Morgan fingerprint density at radius 2 is 1.94 bits per heavy atom. The largest absolute Gasteiger partial charge is 0.511 e. The summed E-state index contributed by atoms with van der Waals surface area (Å²) in [5.41, 5.74) is -0.223. The first-order chi connectivity index (χ1) is 16.2. The lowest BCUT2D eigenvalue weighted by Crippen LogP contribution is -2.45. The summed E-state index contributed by atoms with van der Waals surface area (Å²) in [6.45, 7) is 7.93. The molecule has 0 spiro atoms. The van der Waals surface area contributed by atoms with Gasteiger partial charge in [0.2, 0.25) is 11.7 Å². The topological polar surface area (TPSA) is 99.5 Å². The molecule has 2 aromatic rings. The molecule has 2 atom stereocenters. The van der Waals surface area contributed by atoms with Gasteiger partial charge in [0.25, 0.3) is 0 Å². The van der Waals surface area contributed by atoms with Gasteiger partial charge in [0.1, 0.15) is 17.9 Å². The first-order valence-electron chi connectivity index (χ1n) is 11.2. The molecular formula is C23H28FN3O7. The lowest BCUT2D eigenvalue weighted by molar-refractivity contribution is -0.0812. The van der Waals surface area contributed by atoms with Crippen LogP contribution in [0.3, 0.4) is 0 Å². The van der Waals surface area contributed by atoms with Crippen molar-refractivity contribution >= 4 is 28.7 Å². The van der Waals surface area contributed by atoms with E-state index in [-0.39, 0.29) is 30.2 Å². The summed E-state index contributed by atoms with van der Waals surface area (Å²) in [5.74, 6) is -1.28. The molecule has 0 radical (unpaired) electrons. The lowest BCUT2D eigenvalue weighted by Gasteiger charge is -2.37. The van der Waals surface area contributed by atoms with Crippen molar-refractivity contribution in [3.63, 3.8) is 0 Å². The Labute approximate surface area is 195 Å². The number of pyridine rings is 1. The molecule has 0 amide bonds. The van der Waals surface area contributed by atoms with E-state index in [2.05, 4.69) is 9.64 Å². The number of rotatable bonds is 5. The maximum Gasteiger partial charge on any atom is 0.511 e. The molecule has 0 N–H and O–H groups in total. The fourth-order valence-electron chi connectivity index (χ4n) is 4.21. The molecule has 1 aromatic carbocycles. The Morgan fingerprint density at radius 1 is 1.24 bits per heavy atom. The summed E-state index contributed by atoms with van der Waals surface area (Å²) in [4.78, 5) is 41.5. The van der Waals surface area contributed by atoms with Gasteiger partial charge in [-0.15, -0.1) is 0 Å². The fourth-order valence-corrected chi connectivity index (χ4v) is 4.21. The zero-order valence-electron chi connectivity index (χ0n) is 19.6. The van der Waals surface area contributed by atoms with Crippen molar-refractivity contribution < 1.29 is 32.9 Å². The zero-order valence-corrected chi connectivity index (χ0v) is 19.6. The fraction of sp³-hybridized carbons (Fsp3) is 0.522. The number of halogens is 1. The number of esters is 1. The van der Waals surface area contributed by atoms with Crippen LogP contribution in [0, 0.1) is 5.82 Å². The minimum absolute atomic E-state index is 0.0188. The molecular weight excluding hydrogens is 449 g/mol. The number of piperazine rings is 1. The van der Waals surface area contributed by atoms with Gasteiger partial charge in [-0.05, 0) is 27.0 Å². The smallest absolute Gasteiger partial charge is 0.487 e. The van der Waals surface area contributed by atoms with Gasteiger partial charge >= 0.3 is 12.1 Å². The minimum Gasteiger partial charge on any atom is -0.487 e. The van der Waals surface area contributed by atoms with Crippen LogP contribution in [-0.2, 0) is 14.2 Å². The summed E-state index contributed by atoms with van der Waals surface area (Å²) in [7, 11) is 2.01. The standard InChI is InChI=1S/C23H28FN3O7/c1-5-31-23(30)34-14(3)33-22(29)16-11-27-13(2)12-32-21-18(27)15(20(16)28)10-17(24)19(21)26-8-6-25(4)7-9-26/h10-11,13-14H,5-9,12H2,1-4H3. The summed E-state index contributed by atoms with van der Waals surface area (Å²) >= 11 is 0. The second-order valence-electron chi connectivity index (χ2n) is 8.44. The van der Waals surface area contributed by atoms with Crippen LogP contribution in [0.2, 0.25) is 0 Å². The van der Waals surface area contributed by atoms with Gasteiger partial charge in [-0.25, -0.2) is 14.0 Å². The maximum atomic E-state index is 15.4. The number of anilines is 1. The molecule has 2 aliphatic rings. The van der Waals surface area contributed by atoms with Gasteiger partial charge in [0, 0.05) is 39.3 Å². The lowest BCUT2D eigenvalue weighted by atomic mass is 10.1. The third-order valence-corrected chi connectivity index (χ3v) is 5.98. The highest BCUT2D eigenvalue weighted by Crippen LogP contribution is 2.42. The van der Waals surface area contributed by atoms with Crippen molar-refractivity contribution in [3.8, 4) is 5.75 Å². The van der Waals surface area contributed by atoms with E-state index < -0.39 is 29.7 Å². The van der Waals surface area contributed by atoms with Gasteiger partial charge in [0.05, 0.1) is 23.6 Å². The molecule has 4 rings (SSSR count). The van der Waals surface area contributed by atoms with Gasteiger partial charge < -0.3 is 33.3 Å². The predicted molar refractivity (Wildman–Crippen MR) is 121 cm³/mol. The molecule has 1 saturated heterocycles. The van der Waals surface area contributed by atoms with Crippen LogP contribution in [0.5, 0.6) is 5.75 Å². The van der Waals surface area contributed by atoms with E-state index in [0.29, 0.717) is 30.0 Å². The molecule has 184 valence electrons. The number of aromatic nitrogens is 1. The quantitative estimate of drug-likeness (QED) is 0.475. The van der Waals surface area contributed by atoms with Crippen LogP contribution in [0.25, 0.3) is 10.9 Å². The number of carbonyl (C=O) groups excluding carboxylic acids is 2. The Balaban J connectivity index is 1.74. The van der Waals surface area contributed by atoms with Crippen molar-refractivity contribution in [2.45, 2.75) is 33.1 Å². The van der Waals surface area contributed by atoms with E-state index in [4.69, 9.17) is 14.2 Å². The molecule has 1 aromatic heterocycles. The summed E-state index contributed by atoms with van der Waals surface area (Å²) < 4.78 is 37.6. The molecule has 34 heavy (non-hydrogen) atoms. The SMILES string of the molecule is CCOC(=O)OC(C)OC(=O)c1cn2c3c(c(N4CCN(C)CC4)c(F)cc3c1=O)OCC2C. The molecule has 3 heterocycles. The van der Waals surface area contributed by atoms with Crippen molar-refractivity contribution in [2.75, 3.05) is 51.3 Å². The van der Waals surface area contributed by atoms with E-state index in [1.54, 1.807) is 11.5 Å². The van der Waals surface area contributed by atoms with Crippen molar-refractivity contribution in [2.24, 2.45) is 0 Å². The minimum atomic E-state index is -1.28. The summed E-state index contributed by atoms with van der Waals surface area (Å²) in [6, 6.07) is 0.934. The highest BCUT2D eigenvalue weighted by Gasteiger charge is 2.31. The monoisotopic (exact) mass is 477 g/mol. The molecule has 0 aliphatic carbocycles. The van der Waals surface area contributed by atoms with Crippen LogP contribution in [0.1, 0.15) is 37.2 Å². The second kappa shape index (κ2) is 9.49. The highest BCUT2D eigenvalue weighted by molar-refractivity contribution is 5.98. The third kappa shape index (κ3) is 4.39. The van der Waals surface area contributed by atoms with Crippen molar-refractivity contribution in [1.82, 2.24) is 9.47 Å². The maximum absolute atomic E-state index is 15.4.